The van der Waals surface area contributed by atoms with Crippen LogP contribution in [0.25, 0.3) is 0 Å². The monoisotopic (exact) mass is 282 g/mol. The molecule has 0 bridgehead atoms. The molecule has 5 nitrogen and oxygen atoms in total. The third-order valence-electron chi connectivity index (χ3n) is 3.93. The number of rotatable bonds is 4. The van der Waals surface area contributed by atoms with E-state index in [4.69, 9.17) is 4.74 Å². The molecule has 20 heavy (non-hydrogen) atoms. The van der Waals surface area contributed by atoms with Gasteiger partial charge >= 0.3 is 5.69 Å². The van der Waals surface area contributed by atoms with Gasteiger partial charge in [0.05, 0.1) is 11.0 Å². The first-order valence-electron chi connectivity index (χ1n) is 6.70. The highest BCUT2D eigenvalue weighted by molar-refractivity contribution is 5.36. The molecule has 110 valence electrons. The number of benzene rings is 1. The van der Waals surface area contributed by atoms with Crippen LogP contribution in [0.2, 0.25) is 0 Å². The van der Waals surface area contributed by atoms with Crippen LogP contribution >= 0.6 is 0 Å². The average molecular weight is 282 g/mol. The predicted molar refractivity (Wildman–Crippen MR) is 72.9 cm³/mol. The molecule has 0 N–H and O–H groups in total. The number of nitro benzene ring substituents is 1. The van der Waals surface area contributed by atoms with Gasteiger partial charge in [0.25, 0.3) is 0 Å². The van der Waals surface area contributed by atoms with Crippen molar-refractivity contribution in [3.8, 4) is 0 Å². The SMILES string of the molecule is COC1CN(Cc2cccc([N+](=O)[O-])c2F)CCC1C. The number of methoxy groups -OCH3 is 1. The van der Waals surface area contributed by atoms with Crippen molar-refractivity contribution in [3.05, 3.63) is 39.7 Å². The molecule has 1 aliphatic rings. The van der Waals surface area contributed by atoms with E-state index in [-0.39, 0.29) is 6.10 Å². The molecule has 0 spiro atoms. The van der Waals surface area contributed by atoms with Crippen molar-refractivity contribution in [3.63, 3.8) is 0 Å². The van der Waals surface area contributed by atoms with Gasteiger partial charge in [-0.1, -0.05) is 19.1 Å². The number of piperidine rings is 1. The Hall–Kier alpha value is -1.53. The van der Waals surface area contributed by atoms with E-state index in [1.165, 1.54) is 12.1 Å². The third-order valence-corrected chi connectivity index (χ3v) is 3.93. The lowest BCUT2D eigenvalue weighted by molar-refractivity contribution is -0.387. The fourth-order valence-electron chi connectivity index (χ4n) is 2.62. The highest BCUT2D eigenvalue weighted by Gasteiger charge is 2.27. The fraction of sp³-hybridized carbons (Fsp3) is 0.571. The first kappa shape index (κ1) is 14.9. The second-order valence-corrected chi connectivity index (χ2v) is 5.28. The van der Waals surface area contributed by atoms with Gasteiger partial charge in [0, 0.05) is 31.8 Å². The summed E-state index contributed by atoms with van der Waals surface area (Å²) >= 11 is 0. The molecular weight excluding hydrogens is 263 g/mol. The van der Waals surface area contributed by atoms with Gasteiger partial charge in [-0.25, -0.2) is 0 Å². The van der Waals surface area contributed by atoms with Crippen LogP contribution < -0.4 is 0 Å². The van der Waals surface area contributed by atoms with Crippen molar-refractivity contribution >= 4 is 5.69 Å². The van der Waals surface area contributed by atoms with Crippen molar-refractivity contribution in [1.82, 2.24) is 4.90 Å². The highest BCUT2D eigenvalue weighted by atomic mass is 19.1. The molecule has 1 heterocycles. The normalized spacial score (nSPS) is 23.8. The summed E-state index contributed by atoms with van der Waals surface area (Å²) in [4.78, 5) is 12.1. The average Bonchev–Trinajstić information content (AvgIpc) is 2.42. The maximum Gasteiger partial charge on any atom is 0.305 e. The van der Waals surface area contributed by atoms with E-state index in [1.807, 2.05) is 0 Å². The van der Waals surface area contributed by atoms with Crippen LogP contribution in [0, 0.1) is 21.8 Å². The number of likely N-dealkylation sites (tertiary alicyclic amines) is 1. The number of hydrogen-bond acceptors (Lipinski definition) is 4. The standard InChI is InChI=1S/C14H19FN2O3/c1-10-6-7-16(9-13(10)20-2)8-11-4-3-5-12(14(11)15)17(18)19/h3-5,10,13H,6-9H2,1-2H3. The van der Waals surface area contributed by atoms with Crippen molar-refractivity contribution in [2.45, 2.75) is 26.0 Å². The van der Waals surface area contributed by atoms with Gasteiger partial charge in [0.15, 0.2) is 0 Å². The van der Waals surface area contributed by atoms with Crippen LogP contribution in [0.15, 0.2) is 18.2 Å². The predicted octanol–water partition coefficient (Wildman–Crippen LogP) is 2.59. The first-order chi connectivity index (χ1) is 9.52. The number of nitro groups is 1. The number of hydrogen-bond donors (Lipinski definition) is 0. The fourth-order valence-corrected chi connectivity index (χ4v) is 2.62. The molecule has 0 aliphatic carbocycles. The Labute approximate surface area is 117 Å². The molecule has 6 heteroatoms. The van der Waals surface area contributed by atoms with Crippen molar-refractivity contribution in [2.24, 2.45) is 5.92 Å². The number of halogens is 1. The maximum absolute atomic E-state index is 14.0. The molecule has 0 amide bonds. The van der Waals surface area contributed by atoms with Crippen LogP contribution in [-0.2, 0) is 11.3 Å². The number of ether oxygens (including phenoxy) is 1. The van der Waals surface area contributed by atoms with Crippen LogP contribution in [0.4, 0.5) is 10.1 Å². The molecule has 1 saturated heterocycles. The summed E-state index contributed by atoms with van der Waals surface area (Å²) in [7, 11) is 1.68. The van der Waals surface area contributed by atoms with Crippen LogP contribution in [0.1, 0.15) is 18.9 Å². The van der Waals surface area contributed by atoms with Gasteiger partial charge in [0.1, 0.15) is 0 Å². The molecule has 0 aromatic heterocycles. The van der Waals surface area contributed by atoms with E-state index >= 15 is 0 Å². The largest absolute Gasteiger partial charge is 0.380 e. The molecule has 2 unspecified atom stereocenters. The molecule has 1 fully saturated rings. The lowest BCUT2D eigenvalue weighted by Gasteiger charge is -2.36. The summed E-state index contributed by atoms with van der Waals surface area (Å²) in [6.45, 7) is 4.09. The van der Waals surface area contributed by atoms with E-state index in [1.54, 1.807) is 13.2 Å². The maximum atomic E-state index is 14.0. The van der Waals surface area contributed by atoms with Crippen LogP contribution in [-0.4, -0.2) is 36.1 Å². The van der Waals surface area contributed by atoms with Gasteiger partial charge in [-0.15, -0.1) is 0 Å². The van der Waals surface area contributed by atoms with Gasteiger partial charge in [-0.2, -0.15) is 4.39 Å². The Kier molecular flexibility index (Phi) is 4.67. The Morgan fingerprint density at radius 3 is 2.95 bits per heavy atom. The van der Waals surface area contributed by atoms with E-state index in [2.05, 4.69) is 11.8 Å². The molecule has 2 rings (SSSR count). The zero-order valence-corrected chi connectivity index (χ0v) is 11.7. The zero-order chi connectivity index (χ0) is 14.7. The Morgan fingerprint density at radius 2 is 2.30 bits per heavy atom. The minimum atomic E-state index is -0.731. The topological polar surface area (TPSA) is 55.6 Å². The summed E-state index contributed by atoms with van der Waals surface area (Å²) in [5, 5.41) is 10.7. The molecule has 0 radical (unpaired) electrons. The second-order valence-electron chi connectivity index (χ2n) is 5.28. The van der Waals surface area contributed by atoms with Crippen LogP contribution in [0.5, 0.6) is 0 Å². The van der Waals surface area contributed by atoms with Crippen molar-refractivity contribution in [1.29, 1.82) is 0 Å². The summed E-state index contributed by atoms with van der Waals surface area (Å²) in [6.07, 6.45) is 1.11. The summed E-state index contributed by atoms with van der Waals surface area (Å²) in [6, 6.07) is 4.31. The molecule has 1 aromatic rings. The van der Waals surface area contributed by atoms with Gasteiger partial charge in [0.2, 0.25) is 5.82 Å². The smallest absolute Gasteiger partial charge is 0.305 e. The quantitative estimate of drug-likeness (QED) is 0.629. The van der Waals surface area contributed by atoms with Crippen LogP contribution in [0.3, 0.4) is 0 Å². The van der Waals surface area contributed by atoms with Gasteiger partial charge < -0.3 is 4.74 Å². The lowest BCUT2D eigenvalue weighted by Crippen LogP contribution is -2.43. The minimum absolute atomic E-state index is 0.130. The lowest BCUT2D eigenvalue weighted by atomic mass is 9.95. The first-order valence-corrected chi connectivity index (χ1v) is 6.70. The zero-order valence-electron chi connectivity index (χ0n) is 11.7. The van der Waals surface area contributed by atoms with Gasteiger partial charge in [-0.3, -0.25) is 15.0 Å². The van der Waals surface area contributed by atoms with E-state index in [9.17, 15) is 14.5 Å². The van der Waals surface area contributed by atoms with E-state index in [0.717, 1.165) is 19.5 Å². The molecule has 0 saturated carbocycles. The third kappa shape index (κ3) is 3.13. The molecular formula is C14H19FN2O3. The Bertz CT molecular complexity index is 495. The Morgan fingerprint density at radius 1 is 1.55 bits per heavy atom. The molecule has 2 atom stereocenters. The van der Waals surface area contributed by atoms with E-state index in [0.29, 0.717) is 18.0 Å². The summed E-state index contributed by atoms with van der Waals surface area (Å²) < 4.78 is 19.5. The number of nitrogens with zero attached hydrogens (tertiary/aromatic N) is 2. The highest BCUT2D eigenvalue weighted by Crippen LogP contribution is 2.24. The van der Waals surface area contributed by atoms with E-state index < -0.39 is 16.4 Å². The van der Waals surface area contributed by atoms with Crippen molar-refractivity contribution < 1.29 is 14.1 Å². The second kappa shape index (κ2) is 6.28. The van der Waals surface area contributed by atoms with Crippen molar-refractivity contribution in [2.75, 3.05) is 20.2 Å². The summed E-state index contributed by atoms with van der Waals surface area (Å²) in [5.41, 5.74) is -0.0974. The minimum Gasteiger partial charge on any atom is -0.380 e. The Balaban J connectivity index is 2.11. The molecule has 1 aliphatic heterocycles. The molecule has 1 aromatic carbocycles. The van der Waals surface area contributed by atoms with Gasteiger partial charge in [-0.05, 0) is 18.9 Å². The summed E-state index contributed by atoms with van der Waals surface area (Å²) in [5.74, 6) is -0.253.